The van der Waals surface area contributed by atoms with Crippen LogP contribution < -0.4 is 15.8 Å². The van der Waals surface area contributed by atoms with Crippen molar-refractivity contribution in [2.24, 2.45) is 5.14 Å². The van der Waals surface area contributed by atoms with Crippen LogP contribution in [0.3, 0.4) is 0 Å². The lowest BCUT2D eigenvalue weighted by Gasteiger charge is -2.08. The normalized spacial score (nSPS) is 18.5. The molecule has 1 unspecified atom stereocenters. The van der Waals surface area contributed by atoms with Gasteiger partial charge in [-0.15, -0.1) is 0 Å². The average Bonchev–Trinajstić information content (AvgIpc) is 2.74. The number of nitrogens with two attached hydrogens (primary N) is 1. The molecule has 1 atom stereocenters. The Morgan fingerprint density at radius 3 is 2.40 bits per heavy atom. The maximum Gasteiger partial charge on any atom is 0.323 e. The molecule has 108 valence electrons. The Bertz CT molecular complexity index is 640. The lowest BCUT2D eigenvalue weighted by Crippen LogP contribution is -2.29. The highest BCUT2D eigenvalue weighted by Gasteiger charge is 2.18. The van der Waals surface area contributed by atoms with Gasteiger partial charge in [-0.3, -0.25) is 0 Å². The first-order chi connectivity index (χ1) is 9.34. The second-order valence-electron chi connectivity index (χ2n) is 4.13. The molecule has 1 aromatic rings. The van der Waals surface area contributed by atoms with Gasteiger partial charge in [0.05, 0.1) is 10.6 Å². The van der Waals surface area contributed by atoms with Crippen molar-refractivity contribution in [3.8, 4) is 0 Å². The van der Waals surface area contributed by atoms with Crippen LogP contribution in [0, 0.1) is 0 Å². The summed E-state index contributed by atoms with van der Waals surface area (Å²) < 4.78 is 33.3. The zero-order valence-electron chi connectivity index (χ0n) is 10.3. The molecule has 4 N–H and O–H groups in total. The van der Waals surface area contributed by atoms with Crippen LogP contribution in [0.15, 0.2) is 40.9 Å². The van der Waals surface area contributed by atoms with Gasteiger partial charge in [0, 0.05) is 5.69 Å². The van der Waals surface area contributed by atoms with E-state index in [9.17, 15) is 17.8 Å². The van der Waals surface area contributed by atoms with E-state index in [1.165, 1.54) is 24.3 Å². The molecule has 9 heteroatoms. The van der Waals surface area contributed by atoms with Crippen LogP contribution in [0.5, 0.6) is 0 Å². The first kappa shape index (κ1) is 14.9. The highest BCUT2D eigenvalue weighted by molar-refractivity contribution is 7.92. The number of primary sulfonamides is 1. The van der Waals surface area contributed by atoms with E-state index in [0.29, 0.717) is 22.9 Å². The van der Waals surface area contributed by atoms with Crippen LogP contribution in [0.2, 0.25) is 0 Å². The molecule has 2 amide bonds. The third-order valence-electron chi connectivity index (χ3n) is 2.55. The molecular weight excluding hydrogens is 302 g/mol. The number of rotatable bonds is 3. The third kappa shape index (κ3) is 3.97. The summed E-state index contributed by atoms with van der Waals surface area (Å²) in [7, 11) is -3.74. The van der Waals surface area contributed by atoms with Gasteiger partial charge in [0.2, 0.25) is 10.0 Å². The summed E-state index contributed by atoms with van der Waals surface area (Å²) in [6.07, 6.45) is 1.71. The molecule has 20 heavy (non-hydrogen) atoms. The first-order valence-electron chi connectivity index (χ1n) is 5.59. The van der Waals surface area contributed by atoms with Crippen LogP contribution in [0.25, 0.3) is 0 Å². The first-order valence-corrected chi connectivity index (χ1v) is 8.63. The Morgan fingerprint density at radius 2 is 1.90 bits per heavy atom. The van der Waals surface area contributed by atoms with Crippen molar-refractivity contribution in [3.63, 3.8) is 0 Å². The summed E-state index contributed by atoms with van der Waals surface area (Å²) in [4.78, 5) is 11.6. The molecule has 0 aromatic heterocycles. The summed E-state index contributed by atoms with van der Waals surface area (Å²) in [5.74, 6) is 0.774. The minimum Gasteiger partial charge on any atom is -0.616 e. The van der Waals surface area contributed by atoms with Gasteiger partial charge in [0.15, 0.2) is 0 Å². The zero-order chi connectivity index (χ0) is 14.8. The van der Waals surface area contributed by atoms with Gasteiger partial charge in [-0.2, -0.15) is 0 Å². The second-order valence-corrected chi connectivity index (χ2v) is 7.19. The number of carbonyl (C=O) groups excluding carboxylic acids is 1. The molecule has 0 radical (unpaired) electrons. The van der Waals surface area contributed by atoms with Crippen LogP contribution >= 0.6 is 0 Å². The predicted molar refractivity (Wildman–Crippen MR) is 75.9 cm³/mol. The van der Waals surface area contributed by atoms with E-state index in [-0.39, 0.29) is 4.90 Å². The summed E-state index contributed by atoms with van der Waals surface area (Å²) in [6, 6.07) is 4.99. The number of hydrogen-bond acceptors (Lipinski definition) is 4. The molecule has 1 aliphatic rings. The second kappa shape index (κ2) is 5.83. The van der Waals surface area contributed by atoms with Gasteiger partial charge in [-0.1, -0.05) is 0 Å². The topological polar surface area (TPSA) is 124 Å². The molecule has 1 aromatic carbocycles. The van der Waals surface area contributed by atoms with Gasteiger partial charge in [-0.05, 0) is 41.5 Å². The van der Waals surface area contributed by atoms with Crippen molar-refractivity contribution in [1.29, 1.82) is 0 Å². The van der Waals surface area contributed by atoms with Crippen molar-refractivity contribution < 1.29 is 17.8 Å². The van der Waals surface area contributed by atoms with Crippen molar-refractivity contribution >= 4 is 32.9 Å². The Hall–Kier alpha value is -1.55. The van der Waals surface area contributed by atoms with Crippen molar-refractivity contribution in [3.05, 3.63) is 36.0 Å². The Kier molecular flexibility index (Phi) is 4.33. The largest absolute Gasteiger partial charge is 0.616 e. The maximum absolute atomic E-state index is 11.7. The number of urea groups is 1. The molecule has 0 saturated carbocycles. The Labute approximate surface area is 119 Å². The van der Waals surface area contributed by atoms with E-state index >= 15 is 0 Å². The number of sulfonamides is 1. The van der Waals surface area contributed by atoms with Crippen LogP contribution in [-0.4, -0.2) is 30.5 Å². The van der Waals surface area contributed by atoms with E-state index in [1.54, 1.807) is 6.08 Å². The minimum absolute atomic E-state index is 0.0302. The summed E-state index contributed by atoms with van der Waals surface area (Å²) >= 11 is -0.945. The lowest BCUT2D eigenvalue weighted by molar-refractivity contribution is 0.254. The van der Waals surface area contributed by atoms with Crippen molar-refractivity contribution in [1.82, 2.24) is 5.32 Å². The molecule has 1 aliphatic heterocycles. The molecule has 1 heterocycles. The summed E-state index contributed by atoms with van der Waals surface area (Å²) in [5.41, 5.74) is 1.04. The molecular formula is C11H13N3O4S2. The Balaban J connectivity index is 1.95. The number of nitrogens with one attached hydrogen (secondary N) is 2. The van der Waals surface area contributed by atoms with Gasteiger partial charge >= 0.3 is 6.03 Å². The van der Waals surface area contributed by atoms with E-state index in [2.05, 4.69) is 10.6 Å². The van der Waals surface area contributed by atoms with E-state index in [0.717, 1.165) is 0 Å². The smallest absolute Gasteiger partial charge is 0.323 e. The van der Waals surface area contributed by atoms with E-state index in [4.69, 9.17) is 5.14 Å². The number of anilines is 1. The molecule has 0 aliphatic carbocycles. The highest BCUT2D eigenvalue weighted by Crippen LogP contribution is 2.13. The van der Waals surface area contributed by atoms with Crippen molar-refractivity contribution in [2.45, 2.75) is 4.90 Å². The maximum atomic E-state index is 11.7. The predicted octanol–water partition coefficient (Wildman–Crippen LogP) is 0.102. The van der Waals surface area contributed by atoms with Crippen LogP contribution in [-0.2, 0) is 21.2 Å². The molecule has 0 spiro atoms. The third-order valence-corrected chi connectivity index (χ3v) is 4.65. The monoisotopic (exact) mass is 315 g/mol. The summed E-state index contributed by atoms with van der Waals surface area (Å²) in [5, 5.41) is 10.1. The molecule has 0 fully saturated rings. The lowest BCUT2D eigenvalue weighted by atomic mass is 10.3. The van der Waals surface area contributed by atoms with Gasteiger partial charge < -0.3 is 15.2 Å². The Morgan fingerprint density at radius 1 is 1.25 bits per heavy atom. The fourth-order valence-electron chi connectivity index (χ4n) is 1.61. The average molecular weight is 315 g/mol. The number of carbonyl (C=O) groups is 1. The minimum atomic E-state index is -3.74. The highest BCUT2D eigenvalue weighted by atomic mass is 32.2. The number of amides is 2. The SMILES string of the molecule is NS(=O)(=O)c1ccc(NC(=O)NC2=CC[S+]([O-])C2)cc1. The molecule has 0 bridgehead atoms. The van der Waals surface area contributed by atoms with Crippen LogP contribution in [0.4, 0.5) is 10.5 Å². The van der Waals surface area contributed by atoms with Crippen LogP contribution in [0.1, 0.15) is 0 Å². The number of hydrogen-bond donors (Lipinski definition) is 3. The molecule has 7 nitrogen and oxygen atoms in total. The van der Waals surface area contributed by atoms with Crippen molar-refractivity contribution in [2.75, 3.05) is 16.8 Å². The molecule has 0 saturated heterocycles. The zero-order valence-corrected chi connectivity index (χ0v) is 12.0. The van der Waals surface area contributed by atoms with E-state index < -0.39 is 27.2 Å². The van der Waals surface area contributed by atoms with Gasteiger partial charge in [0.1, 0.15) is 11.5 Å². The standard InChI is InChI=1S/C11H13N3O4S2/c12-20(17,18)10-3-1-8(2-4-10)13-11(15)14-9-5-6-19(16)7-9/h1-5H,6-7H2,(H2,12,17,18)(H2,13,14,15). The van der Waals surface area contributed by atoms with Gasteiger partial charge in [-0.25, -0.2) is 18.4 Å². The summed E-state index contributed by atoms with van der Waals surface area (Å²) in [6.45, 7) is 0. The quantitative estimate of drug-likeness (QED) is 0.684. The molecule has 2 rings (SSSR count). The van der Waals surface area contributed by atoms with Gasteiger partial charge in [0.25, 0.3) is 0 Å². The fourth-order valence-corrected chi connectivity index (χ4v) is 3.17. The van der Waals surface area contributed by atoms with E-state index in [1.807, 2.05) is 0 Å². The fraction of sp³-hybridized carbons (Fsp3) is 0.182. The number of benzene rings is 1.